The topological polar surface area (TPSA) is 214 Å². The van der Waals surface area contributed by atoms with Crippen molar-refractivity contribution in [3.8, 4) is 0 Å². The summed E-state index contributed by atoms with van der Waals surface area (Å²) in [6.07, 6.45) is 0.396. The second-order valence-corrected chi connectivity index (χ2v) is 7.80. The Labute approximate surface area is 181 Å². The second kappa shape index (κ2) is 13.5. The molecule has 0 aromatic carbocycles. The van der Waals surface area contributed by atoms with Crippen LogP contribution in [0.15, 0.2) is 0 Å². The molecule has 0 aliphatic rings. The summed E-state index contributed by atoms with van der Waals surface area (Å²) in [5.41, 5.74) is 10.7. The first-order chi connectivity index (χ1) is 14.3. The molecule has 178 valence electrons. The smallest absolute Gasteiger partial charge is 0.326 e. The van der Waals surface area contributed by atoms with Gasteiger partial charge >= 0.3 is 5.97 Å². The fourth-order valence-corrected chi connectivity index (χ4v) is 2.62. The van der Waals surface area contributed by atoms with E-state index in [0.717, 1.165) is 0 Å². The summed E-state index contributed by atoms with van der Waals surface area (Å²) < 4.78 is 0. The molecule has 12 nitrogen and oxygen atoms in total. The van der Waals surface area contributed by atoms with Crippen molar-refractivity contribution in [2.75, 3.05) is 6.61 Å². The highest BCUT2D eigenvalue weighted by atomic mass is 16.4. The van der Waals surface area contributed by atoms with E-state index >= 15 is 0 Å². The van der Waals surface area contributed by atoms with Crippen molar-refractivity contribution in [3.63, 3.8) is 0 Å². The number of carbonyl (C=O) groups excluding carboxylic acids is 4. The first kappa shape index (κ1) is 28.3. The van der Waals surface area contributed by atoms with Gasteiger partial charge in [-0.2, -0.15) is 0 Å². The maximum Gasteiger partial charge on any atom is 0.326 e. The molecule has 0 radical (unpaired) electrons. The van der Waals surface area contributed by atoms with Crippen LogP contribution in [0.3, 0.4) is 0 Å². The Morgan fingerprint density at radius 1 is 0.903 bits per heavy atom. The van der Waals surface area contributed by atoms with Crippen LogP contribution in [0.1, 0.15) is 47.0 Å². The van der Waals surface area contributed by atoms with E-state index in [1.165, 1.54) is 0 Å². The van der Waals surface area contributed by atoms with Crippen LogP contribution in [0.2, 0.25) is 0 Å². The Bertz CT molecular complexity index is 656. The molecule has 0 saturated heterocycles. The van der Waals surface area contributed by atoms with E-state index in [1.54, 1.807) is 27.7 Å². The van der Waals surface area contributed by atoms with Gasteiger partial charge in [0.25, 0.3) is 0 Å². The van der Waals surface area contributed by atoms with E-state index in [4.69, 9.17) is 11.5 Å². The van der Waals surface area contributed by atoms with Crippen molar-refractivity contribution < 1.29 is 34.2 Å². The zero-order chi connectivity index (χ0) is 24.3. The number of nitrogens with two attached hydrogens (primary N) is 2. The third-order valence-electron chi connectivity index (χ3n) is 4.88. The van der Waals surface area contributed by atoms with Crippen LogP contribution in [0.5, 0.6) is 0 Å². The van der Waals surface area contributed by atoms with Crippen LogP contribution < -0.4 is 27.4 Å². The molecule has 0 heterocycles. The van der Waals surface area contributed by atoms with Gasteiger partial charge in [-0.15, -0.1) is 0 Å². The number of hydrogen-bond acceptors (Lipinski definition) is 7. The molecule has 9 N–H and O–H groups in total. The van der Waals surface area contributed by atoms with Crippen LogP contribution in [-0.4, -0.2) is 70.6 Å². The SMILES string of the molecule is CCC(C)C(NC(=O)C(CO)NC(=O)C(NC(=O)C(N)CCC(N)=O)C(C)C)C(=O)O. The van der Waals surface area contributed by atoms with Gasteiger partial charge in [-0.3, -0.25) is 19.2 Å². The van der Waals surface area contributed by atoms with E-state index in [1.807, 2.05) is 0 Å². The summed E-state index contributed by atoms with van der Waals surface area (Å²) in [5.74, 6) is -4.92. The second-order valence-electron chi connectivity index (χ2n) is 7.80. The first-order valence-electron chi connectivity index (χ1n) is 10.1. The minimum absolute atomic E-state index is 0.00145. The molecule has 5 unspecified atom stereocenters. The third kappa shape index (κ3) is 9.75. The van der Waals surface area contributed by atoms with Gasteiger partial charge in [0.15, 0.2) is 0 Å². The van der Waals surface area contributed by atoms with Crippen molar-refractivity contribution in [1.29, 1.82) is 0 Å². The Hall–Kier alpha value is -2.73. The molecule has 0 spiro atoms. The summed E-state index contributed by atoms with van der Waals surface area (Å²) in [6, 6.07) is -4.75. The summed E-state index contributed by atoms with van der Waals surface area (Å²) in [4.78, 5) is 59.5. The predicted molar refractivity (Wildman–Crippen MR) is 111 cm³/mol. The number of carboxylic acids is 1. The Morgan fingerprint density at radius 3 is 1.87 bits per heavy atom. The van der Waals surface area contributed by atoms with Crippen molar-refractivity contribution in [2.24, 2.45) is 23.3 Å². The normalized spacial score (nSPS) is 15.8. The number of carboxylic acid groups (broad SMARTS) is 1. The molecule has 0 fully saturated rings. The highest BCUT2D eigenvalue weighted by Gasteiger charge is 2.32. The maximum atomic E-state index is 12.6. The quantitative estimate of drug-likeness (QED) is 0.155. The molecule has 0 bridgehead atoms. The number of aliphatic hydroxyl groups excluding tert-OH is 1. The number of aliphatic hydroxyl groups is 1. The number of aliphatic carboxylic acids is 1. The van der Waals surface area contributed by atoms with Crippen LogP contribution in [0, 0.1) is 11.8 Å². The fraction of sp³-hybridized carbons (Fsp3) is 0.737. The minimum atomic E-state index is -1.42. The van der Waals surface area contributed by atoms with Gasteiger partial charge in [0.2, 0.25) is 23.6 Å². The summed E-state index contributed by atoms with van der Waals surface area (Å²) in [7, 11) is 0. The molecule has 0 aliphatic carbocycles. The molecule has 4 amide bonds. The van der Waals surface area contributed by atoms with Gasteiger partial charge in [0, 0.05) is 6.42 Å². The zero-order valence-electron chi connectivity index (χ0n) is 18.4. The zero-order valence-corrected chi connectivity index (χ0v) is 18.4. The number of nitrogens with one attached hydrogen (secondary N) is 3. The molecular weight excluding hydrogens is 410 g/mol. The number of primary amides is 1. The van der Waals surface area contributed by atoms with Gasteiger partial charge in [0.05, 0.1) is 12.6 Å². The number of hydrogen-bond donors (Lipinski definition) is 7. The average molecular weight is 446 g/mol. The first-order valence-corrected chi connectivity index (χ1v) is 10.1. The monoisotopic (exact) mass is 445 g/mol. The Morgan fingerprint density at radius 2 is 1.45 bits per heavy atom. The molecule has 0 aromatic rings. The molecule has 12 heteroatoms. The predicted octanol–water partition coefficient (Wildman–Crippen LogP) is -2.19. The van der Waals surface area contributed by atoms with Gasteiger partial charge in [-0.1, -0.05) is 34.1 Å². The van der Waals surface area contributed by atoms with Crippen LogP contribution in [0.4, 0.5) is 0 Å². The average Bonchev–Trinajstić information content (AvgIpc) is 2.70. The van der Waals surface area contributed by atoms with Crippen molar-refractivity contribution in [3.05, 3.63) is 0 Å². The van der Waals surface area contributed by atoms with Gasteiger partial charge in [0.1, 0.15) is 18.1 Å². The molecule has 0 saturated carbocycles. The van der Waals surface area contributed by atoms with Gasteiger partial charge < -0.3 is 37.6 Å². The molecule has 0 rings (SSSR count). The maximum absolute atomic E-state index is 12.6. The highest BCUT2D eigenvalue weighted by Crippen LogP contribution is 2.09. The van der Waals surface area contributed by atoms with E-state index < -0.39 is 66.3 Å². The molecule has 0 aromatic heterocycles. The number of rotatable bonds is 14. The van der Waals surface area contributed by atoms with Crippen LogP contribution >= 0.6 is 0 Å². The van der Waals surface area contributed by atoms with E-state index in [-0.39, 0.29) is 18.8 Å². The van der Waals surface area contributed by atoms with Crippen molar-refractivity contribution >= 4 is 29.6 Å². The Balaban J connectivity index is 5.18. The minimum Gasteiger partial charge on any atom is -0.480 e. The van der Waals surface area contributed by atoms with E-state index in [0.29, 0.717) is 6.42 Å². The molecular formula is C19H35N5O7. The standard InChI is InChI=1S/C19H35N5O7/c1-5-10(4)15(19(30)31)24-17(28)12(8-25)22-18(29)14(9(2)3)23-16(27)11(20)6-7-13(21)26/h9-12,14-15,25H,5-8,20H2,1-4H3,(H2,21,26)(H,22,29)(H,23,27)(H,24,28)(H,30,31). The molecule has 5 atom stereocenters. The third-order valence-corrected chi connectivity index (χ3v) is 4.88. The van der Waals surface area contributed by atoms with Crippen molar-refractivity contribution in [2.45, 2.75) is 71.1 Å². The van der Waals surface area contributed by atoms with E-state index in [2.05, 4.69) is 16.0 Å². The number of carbonyl (C=O) groups is 5. The van der Waals surface area contributed by atoms with Crippen LogP contribution in [-0.2, 0) is 24.0 Å². The lowest BCUT2D eigenvalue weighted by Gasteiger charge is -2.27. The summed E-state index contributed by atoms with van der Waals surface area (Å²) >= 11 is 0. The lowest BCUT2D eigenvalue weighted by Crippen LogP contribution is -2.59. The lowest BCUT2D eigenvalue weighted by molar-refractivity contribution is -0.144. The molecule has 0 aliphatic heterocycles. The van der Waals surface area contributed by atoms with Gasteiger partial charge in [-0.05, 0) is 18.3 Å². The van der Waals surface area contributed by atoms with Crippen molar-refractivity contribution in [1.82, 2.24) is 16.0 Å². The Kier molecular flexibility index (Phi) is 12.4. The fourth-order valence-electron chi connectivity index (χ4n) is 2.62. The lowest BCUT2D eigenvalue weighted by atomic mass is 9.98. The van der Waals surface area contributed by atoms with E-state index in [9.17, 15) is 34.2 Å². The van der Waals surface area contributed by atoms with Crippen LogP contribution in [0.25, 0.3) is 0 Å². The molecule has 31 heavy (non-hydrogen) atoms. The largest absolute Gasteiger partial charge is 0.480 e. The summed E-state index contributed by atoms with van der Waals surface area (Å²) in [5, 5.41) is 25.9. The highest BCUT2D eigenvalue weighted by molar-refractivity contribution is 5.94. The van der Waals surface area contributed by atoms with Gasteiger partial charge in [-0.25, -0.2) is 4.79 Å². The number of amides is 4. The summed E-state index contributed by atoms with van der Waals surface area (Å²) in [6.45, 7) is 5.94.